The Morgan fingerprint density at radius 3 is 2.28 bits per heavy atom. The standard InChI is InChI=1S/C23H21F2N3O4/c1-15-2-7-18(13-26-15)21(29)27-12-16-3-8-19(9-4-16)28-23(30)31-14-17-5-10-20(11-6-17)32-22(24)25/h2-11,13,22H,12,14H2,1H3,(H,27,29)(H,28,30). The van der Waals surface area contributed by atoms with Crippen LogP contribution in [-0.2, 0) is 17.9 Å². The van der Waals surface area contributed by atoms with Crippen LogP contribution in [0.2, 0.25) is 0 Å². The van der Waals surface area contributed by atoms with Crippen LogP contribution in [-0.4, -0.2) is 23.6 Å². The number of benzene rings is 2. The van der Waals surface area contributed by atoms with E-state index in [1.54, 1.807) is 36.4 Å². The molecule has 0 aliphatic carbocycles. The van der Waals surface area contributed by atoms with Crippen LogP contribution in [0.5, 0.6) is 5.75 Å². The molecule has 0 unspecified atom stereocenters. The number of rotatable bonds is 8. The third kappa shape index (κ3) is 7.05. The highest BCUT2D eigenvalue weighted by molar-refractivity contribution is 5.93. The summed E-state index contributed by atoms with van der Waals surface area (Å²) in [5.74, 6) is -0.197. The lowest BCUT2D eigenvalue weighted by molar-refractivity contribution is -0.0498. The molecule has 0 aliphatic rings. The minimum Gasteiger partial charge on any atom is -0.444 e. The van der Waals surface area contributed by atoms with Crippen LogP contribution in [0.15, 0.2) is 66.9 Å². The lowest BCUT2D eigenvalue weighted by Gasteiger charge is -2.09. The number of ether oxygens (including phenoxy) is 2. The topological polar surface area (TPSA) is 89.6 Å². The van der Waals surface area contributed by atoms with Gasteiger partial charge in [0.1, 0.15) is 12.4 Å². The molecule has 0 radical (unpaired) electrons. The summed E-state index contributed by atoms with van der Waals surface area (Å²) in [7, 11) is 0. The van der Waals surface area contributed by atoms with Crippen molar-refractivity contribution in [2.75, 3.05) is 5.32 Å². The average molecular weight is 441 g/mol. The summed E-state index contributed by atoms with van der Waals surface area (Å²) in [6, 6.07) is 16.2. The van der Waals surface area contributed by atoms with Crippen molar-refractivity contribution >= 4 is 17.7 Å². The number of nitrogens with zero attached hydrogens (tertiary/aromatic N) is 1. The number of carbonyl (C=O) groups is 2. The molecule has 0 aliphatic heterocycles. The van der Waals surface area contributed by atoms with E-state index in [0.29, 0.717) is 23.4 Å². The minimum absolute atomic E-state index is 0.0278. The van der Waals surface area contributed by atoms with E-state index in [2.05, 4.69) is 20.4 Å². The quantitative estimate of drug-likeness (QED) is 0.530. The molecule has 0 saturated heterocycles. The van der Waals surface area contributed by atoms with Crippen molar-refractivity contribution in [2.24, 2.45) is 0 Å². The van der Waals surface area contributed by atoms with E-state index >= 15 is 0 Å². The van der Waals surface area contributed by atoms with E-state index in [9.17, 15) is 18.4 Å². The van der Waals surface area contributed by atoms with Crippen LogP contribution in [0.4, 0.5) is 19.3 Å². The van der Waals surface area contributed by atoms with E-state index in [4.69, 9.17) is 4.74 Å². The summed E-state index contributed by atoms with van der Waals surface area (Å²) < 4.78 is 33.7. The fourth-order valence-corrected chi connectivity index (χ4v) is 2.66. The Bertz CT molecular complexity index is 1040. The number of carbonyl (C=O) groups excluding carboxylic acids is 2. The maximum atomic E-state index is 12.1. The molecular formula is C23H21F2N3O4. The van der Waals surface area contributed by atoms with Crippen molar-refractivity contribution < 1.29 is 27.8 Å². The summed E-state index contributed by atoms with van der Waals surface area (Å²) >= 11 is 0. The first-order valence-electron chi connectivity index (χ1n) is 9.66. The number of halogens is 2. The van der Waals surface area contributed by atoms with E-state index in [1.165, 1.54) is 30.5 Å². The third-order valence-electron chi connectivity index (χ3n) is 4.35. The molecule has 2 aromatic carbocycles. The molecule has 1 aromatic heterocycles. The summed E-state index contributed by atoms with van der Waals surface area (Å²) in [6.45, 7) is -0.754. The molecule has 32 heavy (non-hydrogen) atoms. The van der Waals surface area contributed by atoms with E-state index < -0.39 is 12.7 Å². The van der Waals surface area contributed by atoms with Gasteiger partial charge in [-0.1, -0.05) is 24.3 Å². The third-order valence-corrected chi connectivity index (χ3v) is 4.35. The number of amides is 2. The normalized spacial score (nSPS) is 10.5. The van der Waals surface area contributed by atoms with Gasteiger partial charge < -0.3 is 14.8 Å². The van der Waals surface area contributed by atoms with Gasteiger partial charge in [-0.25, -0.2) is 4.79 Å². The first-order chi connectivity index (χ1) is 15.4. The first kappa shape index (κ1) is 22.7. The van der Waals surface area contributed by atoms with Crippen molar-refractivity contribution in [1.29, 1.82) is 0 Å². The van der Waals surface area contributed by atoms with Gasteiger partial charge in [0.05, 0.1) is 5.56 Å². The smallest absolute Gasteiger partial charge is 0.411 e. The Hall–Kier alpha value is -4.01. The van der Waals surface area contributed by atoms with Gasteiger partial charge in [-0.05, 0) is 54.4 Å². The molecule has 9 heteroatoms. The molecule has 2 amide bonds. The molecule has 3 aromatic rings. The van der Waals surface area contributed by atoms with Gasteiger partial charge in [0, 0.05) is 24.1 Å². The molecule has 166 valence electrons. The first-order valence-corrected chi connectivity index (χ1v) is 9.66. The molecule has 0 atom stereocenters. The number of aromatic nitrogens is 1. The highest BCUT2D eigenvalue weighted by atomic mass is 19.3. The second-order valence-corrected chi connectivity index (χ2v) is 6.79. The van der Waals surface area contributed by atoms with Crippen LogP contribution >= 0.6 is 0 Å². The largest absolute Gasteiger partial charge is 0.444 e. The van der Waals surface area contributed by atoms with Gasteiger partial charge >= 0.3 is 12.7 Å². The molecule has 1 heterocycles. The Kier molecular flexibility index (Phi) is 7.69. The van der Waals surface area contributed by atoms with Crippen LogP contribution in [0.1, 0.15) is 27.2 Å². The fraction of sp³-hybridized carbons (Fsp3) is 0.174. The lowest BCUT2D eigenvalue weighted by atomic mass is 10.2. The van der Waals surface area contributed by atoms with Crippen molar-refractivity contribution in [3.05, 3.63) is 89.2 Å². The predicted octanol–water partition coefficient (Wildman–Crippen LogP) is 4.67. The maximum absolute atomic E-state index is 12.1. The Morgan fingerprint density at radius 1 is 0.969 bits per heavy atom. The van der Waals surface area contributed by atoms with Crippen LogP contribution in [0, 0.1) is 6.92 Å². The highest BCUT2D eigenvalue weighted by Crippen LogP contribution is 2.16. The number of alkyl halides is 2. The minimum atomic E-state index is -2.89. The summed E-state index contributed by atoms with van der Waals surface area (Å²) in [6.07, 6.45) is 0.861. The van der Waals surface area contributed by atoms with Gasteiger partial charge in [0.2, 0.25) is 0 Å². The average Bonchev–Trinajstić information content (AvgIpc) is 2.78. The van der Waals surface area contributed by atoms with Crippen molar-refractivity contribution in [1.82, 2.24) is 10.3 Å². The molecule has 0 spiro atoms. The van der Waals surface area contributed by atoms with Crippen LogP contribution in [0.3, 0.4) is 0 Å². The van der Waals surface area contributed by atoms with Crippen molar-refractivity contribution in [3.63, 3.8) is 0 Å². The van der Waals surface area contributed by atoms with Crippen molar-refractivity contribution in [3.8, 4) is 5.75 Å². The highest BCUT2D eigenvalue weighted by Gasteiger charge is 2.08. The van der Waals surface area contributed by atoms with Gasteiger partial charge in [-0.2, -0.15) is 8.78 Å². The molecule has 0 bridgehead atoms. The van der Waals surface area contributed by atoms with Gasteiger partial charge in [-0.15, -0.1) is 0 Å². The molecule has 0 fully saturated rings. The summed E-state index contributed by atoms with van der Waals surface area (Å²) in [5.41, 5.74) is 3.31. The van der Waals surface area contributed by atoms with Crippen molar-refractivity contribution in [2.45, 2.75) is 26.7 Å². The second-order valence-electron chi connectivity index (χ2n) is 6.79. The number of pyridine rings is 1. The number of anilines is 1. The van der Waals surface area contributed by atoms with Gasteiger partial charge in [-0.3, -0.25) is 15.1 Å². The van der Waals surface area contributed by atoms with E-state index in [0.717, 1.165) is 11.3 Å². The monoisotopic (exact) mass is 441 g/mol. The summed E-state index contributed by atoms with van der Waals surface area (Å²) in [4.78, 5) is 28.2. The zero-order chi connectivity index (χ0) is 22.9. The number of hydrogen-bond acceptors (Lipinski definition) is 5. The Labute approximate surface area is 183 Å². The number of nitrogens with one attached hydrogen (secondary N) is 2. The van der Waals surface area contributed by atoms with Gasteiger partial charge in [0.15, 0.2) is 0 Å². The number of aryl methyl sites for hydroxylation is 1. The molecule has 7 nitrogen and oxygen atoms in total. The fourth-order valence-electron chi connectivity index (χ4n) is 2.66. The van der Waals surface area contributed by atoms with Crippen LogP contribution in [0.25, 0.3) is 0 Å². The molecule has 0 saturated carbocycles. The Morgan fingerprint density at radius 2 is 1.66 bits per heavy atom. The van der Waals surface area contributed by atoms with Crippen LogP contribution < -0.4 is 15.4 Å². The molecule has 2 N–H and O–H groups in total. The van der Waals surface area contributed by atoms with Gasteiger partial charge in [0.25, 0.3) is 5.91 Å². The second kappa shape index (κ2) is 10.9. The Balaban J connectivity index is 1.43. The summed E-state index contributed by atoms with van der Waals surface area (Å²) in [5, 5.41) is 5.40. The number of hydrogen-bond donors (Lipinski definition) is 2. The molecule has 3 rings (SSSR count). The zero-order valence-corrected chi connectivity index (χ0v) is 17.2. The van der Waals surface area contributed by atoms with E-state index in [1.807, 2.05) is 6.92 Å². The SMILES string of the molecule is Cc1ccc(C(=O)NCc2ccc(NC(=O)OCc3ccc(OC(F)F)cc3)cc2)cn1. The molecular weight excluding hydrogens is 420 g/mol. The maximum Gasteiger partial charge on any atom is 0.411 e. The predicted molar refractivity (Wildman–Crippen MR) is 113 cm³/mol. The zero-order valence-electron chi connectivity index (χ0n) is 17.2. The lowest BCUT2D eigenvalue weighted by Crippen LogP contribution is -2.23. The van der Waals surface area contributed by atoms with E-state index in [-0.39, 0.29) is 18.3 Å².